The average Bonchev–Trinajstić information content (AvgIpc) is 2.39. The Morgan fingerprint density at radius 3 is 2.29 bits per heavy atom. The minimum atomic E-state index is -0.648. The Balaban J connectivity index is 2.10. The molecule has 0 saturated carbocycles. The highest BCUT2D eigenvalue weighted by Crippen LogP contribution is 2.22. The number of halogens is 3. The van der Waals surface area contributed by atoms with Gasteiger partial charge in [-0.05, 0) is 36.4 Å². The van der Waals surface area contributed by atoms with E-state index >= 15 is 0 Å². The summed E-state index contributed by atoms with van der Waals surface area (Å²) in [5.41, 5.74) is 0.546. The molecular weight excluding hydrogens is 316 g/mol. The number of rotatable bonds is 2. The fourth-order valence-corrected chi connectivity index (χ4v) is 2.13. The van der Waals surface area contributed by atoms with Gasteiger partial charge in [0.2, 0.25) is 0 Å². The molecule has 0 aromatic heterocycles. The number of carbonyl (C=O) groups excluding carboxylic acids is 1. The maximum absolute atomic E-state index is 13.2. The maximum atomic E-state index is 13.2. The Labute approximate surface area is 130 Å². The third-order valence-electron chi connectivity index (χ3n) is 2.47. The lowest BCUT2D eigenvalue weighted by atomic mass is 10.2. The summed E-state index contributed by atoms with van der Waals surface area (Å²) in [5, 5.41) is 14.5. The molecule has 0 aliphatic heterocycles. The van der Waals surface area contributed by atoms with Crippen LogP contribution in [0.25, 0.3) is 0 Å². The van der Waals surface area contributed by atoms with Crippen LogP contribution in [0.5, 0.6) is 0 Å². The lowest BCUT2D eigenvalue weighted by molar-refractivity contribution is 0.262. The molecule has 0 unspecified atom stereocenters. The minimum absolute atomic E-state index is 0.154. The highest BCUT2D eigenvalue weighted by molar-refractivity contribution is 6.35. The van der Waals surface area contributed by atoms with Crippen LogP contribution < -0.4 is 10.6 Å². The first-order valence-corrected chi connectivity index (χ1v) is 6.47. The highest BCUT2D eigenvalue weighted by Gasteiger charge is 2.07. The summed E-state index contributed by atoms with van der Waals surface area (Å²) in [4.78, 5) is 11.8. The van der Waals surface area contributed by atoms with Gasteiger partial charge in [0, 0.05) is 21.4 Å². The first-order valence-electron chi connectivity index (χ1n) is 5.71. The van der Waals surface area contributed by atoms with Gasteiger partial charge >= 0.3 is 6.03 Å². The molecule has 0 atom stereocenters. The number of nitrogens with zero attached hydrogens (tertiary/aromatic N) is 1. The zero-order chi connectivity index (χ0) is 15.4. The van der Waals surface area contributed by atoms with Gasteiger partial charge in [0.15, 0.2) is 0 Å². The smallest absolute Gasteiger partial charge is 0.308 e. The first kappa shape index (κ1) is 15.1. The van der Waals surface area contributed by atoms with Crippen LogP contribution in [0.1, 0.15) is 5.56 Å². The van der Waals surface area contributed by atoms with Crippen molar-refractivity contribution in [2.24, 2.45) is 0 Å². The van der Waals surface area contributed by atoms with Crippen LogP contribution in [0.3, 0.4) is 0 Å². The Morgan fingerprint density at radius 2 is 1.67 bits per heavy atom. The van der Waals surface area contributed by atoms with Crippen molar-refractivity contribution in [2.75, 3.05) is 10.6 Å². The van der Waals surface area contributed by atoms with E-state index < -0.39 is 11.8 Å². The normalized spacial score (nSPS) is 9.81. The number of hydrogen-bond donors (Lipinski definition) is 2. The SMILES string of the molecule is N#Cc1cc(NC(=O)Nc2cc(Cl)cc(Cl)c2)ccc1F. The van der Waals surface area contributed by atoms with Gasteiger partial charge in [0.05, 0.1) is 5.56 Å². The van der Waals surface area contributed by atoms with Crippen molar-refractivity contribution in [2.45, 2.75) is 0 Å². The van der Waals surface area contributed by atoms with E-state index in [9.17, 15) is 9.18 Å². The molecule has 106 valence electrons. The van der Waals surface area contributed by atoms with E-state index in [1.165, 1.54) is 30.3 Å². The Bertz CT molecular complexity index is 723. The van der Waals surface area contributed by atoms with E-state index in [1.54, 1.807) is 6.07 Å². The maximum Gasteiger partial charge on any atom is 0.323 e. The first-order chi connectivity index (χ1) is 9.97. The summed E-state index contributed by atoms with van der Waals surface area (Å²) in [7, 11) is 0. The molecule has 2 N–H and O–H groups in total. The van der Waals surface area contributed by atoms with Crippen LogP contribution >= 0.6 is 23.2 Å². The molecule has 2 amide bonds. The summed E-state index contributed by atoms with van der Waals surface area (Å²) in [6, 6.07) is 9.40. The van der Waals surface area contributed by atoms with Crippen molar-refractivity contribution in [3.8, 4) is 6.07 Å². The fourth-order valence-electron chi connectivity index (χ4n) is 1.61. The second-order valence-corrected chi connectivity index (χ2v) is 4.92. The monoisotopic (exact) mass is 323 g/mol. The molecule has 4 nitrogen and oxygen atoms in total. The Hall–Kier alpha value is -2.29. The lowest BCUT2D eigenvalue weighted by Crippen LogP contribution is -2.19. The molecule has 0 saturated heterocycles. The number of nitriles is 1. The third kappa shape index (κ3) is 4.09. The molecule has 0 bridgehead atoms. The van der Waals surface area contributed by atoms with Crippen molar-refractivity contribution in [3.63, 3.8) is 0 Å². The van der Waals surface area contributed by atoms with Crippen molar-refractivity contribution in [3.05, 3.63) is 57.8 Å². The highest BCUT2D eigenvalue weighted by atomic mass is 35.5. The van der Waals surface area contributed by atoms with Gasteiger partial charge in [-0.25, -0.2) is 9.18 Å². The largest absolute Gasteiger partial charge is 0.323 e. The summed E-state index contributed by atoms with van der Waals surface area (Å²) in [6.07, 6.45) is 0. The van der Waals surface area contributed by atoms with E-state index in [1.807, 2.05) is 0 Å². The van der Waals surface area contributed by atoms with Crippen LogP contribution in [-0.4, -0.2) is 6.03 Å². The second-order valence-electron chi connectivity index (χ2n) is 4.04. The Kier molecular flexibility index (Phi) is 4.63. The van der Waals surface area contributed by atoms with Crippen LogP contribution in [0.15, 0.2) is 36.4 Å². The summed E-state index contributed by atoms with van der Waals surface area (Å²) >= 11 is 11.6. The van der Waals surface area contributed by atoms with Gasteiger partial charge in [-0.15, -0.1) is 0 Å². The van der Waals surface area contributed by atoms with Crippen LogP contribution in [-0.2, 0) is 0 Å². The molecule has 0 spiro atoms. The zero-order valence-electron chi connectivity index (χ0n) is 10.5. The van der Waals surface area contributed by atoms with E-state index in [-0.39, 0.29) is 5.56 Å². The fraction of sp³-hybridized carbons (Fsp3) is 0. The van der Waals surface area contributed by atoms with Crippen molar-refractivity contribution in [1.82, 2.24) is 0 Å². The number of urea groups is 1. The predicted molar refractivity (Wildman–Crippen MR) is 80.2 cm³/mol. The number of amides is 2. The molecule has 0 fully saturated rings. The summed E-state index contributed by atoms with van der Waals surface area (Å²) < 4.78 is 13.2. The number of nitrogens with one attached hydrogen (secondary N) is 2. The Morgan fingerprint density at radius 1 is 1.05 bits per heavy atom. The third-order valence-corrected chi connectivity index (χ3v) is 2.90. The zero-order valence-corrected chi connectivity index (χ0v) is 12.0. The van der Waals surface area contributed by atoms with Crippen LogP contribution in [0.4, 0.5) is 20.6 Å². The van der Waals surface area contributed by atoms with Gasteiger partial charge in [0.25, 0.3) is 0 Å². The molecule has 2 aromatic carbocycles. The van der Waals surface area contributed by atoms with Crippen LogP contribution in [0, 0.1) is 17.1 Å². The van der Waals surface area contributed by atoms with Crippen LogP contribution in [0.2, 0.25) is 10.0 Å². The predicted octanol–water partition coefficient (Wildman–Crippen LogP) is 4.65. The van der Waals surface area contributed by atoms with Gasteiger partial charge in [-0.1, -0.05) is 23.2 Å². The molecular formula is C14H8Cl2FN3O. The second kappa shape index (κ2) is 6.44. The van der Waals surface area contributed by atoms with E-state index in [4.69, 9.17) is 28.5 Å². The number of carbonyl (C=O) groups is 1. The summed E-state index contributed by atoms with van der Waals surface area (Å²) in [5.74, 6) is -0.648. The molecule has 0 aliphatic carbocycles. The van der Waals surface area contributed by atoms with E-state index in [2.05, 4.69) is 10.6 Å². The van der Waals surface area contributed by atoms with Crippen molar-refractivity contribution < 1.29 is 9.18 Å². The minimum Gasteiger partial charge on any atom is -0.308 e. The van der Waals surface area contributed by atoms with E-state index in [0.717, 1.165) is 6.07 Å². The van der Waals surface area contributed by atoms with Crippen molar-refractivity contribution >= 4 is 40.6 Å². The molecule has 2 aromatic rings. The number of hydrogen-bond acceptors (Lipinski definition) is 2. The molecule has 0 aliphatic rings. The molecule has 21 heavy (non-hydrogen) atoms. The number of anilines is 2. The van der Waals surface area contributed by atoms with Gasteiger partial charge in [0.1, 0.15) is 11.9 Å². The topological polar surface area (TPSA) is 64.9 Å². The van der Waals surface area contributed by atoms with Gasteiger partial charge in [-0.3, -0.25) is 0 Å². The molecule has 0 radical (unpaired) electrons. The van der Waals surface area contributed by atoms with E-state index in [0.29, 0.717) is 21.4 Å². The molecule has 7 heteroatoms. The lowest BCUT2D eigenvalue weighted by Gasteiger charge is -2.09. The van der Waals surface area contributed by atoms with Crippen molar-refractivity contribution in [1.29, 1.82) is 5.26 Å². The molecule has 2 rings (SSSR count). The molecule has 0 heterocycles. The number of benzene rings is 2. The quantitative estimate of drug-likeness (QED) is 0.844. The summed E-state index contributed by atoms with van der Waals surface area (Å²) in [6.45, 7) is 0. The average molecular weight is 324 g/mol. The van der Waals surface area contributed by atoms with Gasteiger partial charge < -0.3 is 10.6 Å². The standard InChI is InChI=1S/C14H8Cl2FN3O/c15-9-4-10(16)6-12(5-9)20-14(21)19-11-1-2-13(17)8(3-11)7-18/h1-6H,(H2,19,20,21). The van der Waals surface area contributed by atoms with Gasteiger partial charge in [-0.2, -0.15) is 5.26 Å².